The van der Waals surface area contributed by atoms with Gasteiger partial charge in [-0.2, -0.15) is 0 Å². The second-order valence-electron chi connectivity index (χ2n) is 4.65. The molecule has 0 saturated carbocycles. The Balaban J connectivity index is 1.86. The van der Waals surface area contributed by atoms with Crippen LogP contribution in [0.3, 0.4) is 0 Å². The molecular formula is C13H14BrN3OS. The fourth-order valence-corrected chi connectivity index (χ4v) is 2.82. The van der Waals surface area contributed by atoms with E-state index in [1.54, 1.807) is 4.68 Å². The van der Waals surface area contributed by atoms with Crippen LogP contribution in [0.5, 0.6) is 0 Å². The van der Waals surface area contributed by atoms with Crippen molar-refractivity contribution in [1.29, 1.82) is 0 Å². The lowest BCUT2D eigenvalue weighted by atomic mass is 10.2. The lowest BCUT2D eigenvalue weighted by molar-refractivity contribution is 0.249. The monoisotopic (exact) mass is 339 g/mol. The molecule has 19 heavy (non-hydrogen) atoms. The third-order valence-corrected chi connectivity index (χ3v) is 4.00. The van der Waals surface area contributed by atoms with Gasteiger partial charge in [0.15, 0.2) is 0 Å². The summed E-state index contributed by atoms with van der Waals surface area (Å²) in [7, 11) is 0. The SMILES string of the molecule is S=c1oc(-c2cccc(Br)c2)nn1CN1CCCC1. The second-order valence-corrected chi connectivity index (χ2v) is 5.91. The molecule has 2 aromatic rings. The van der Waals surface area contributed by atoms with Gasteiger partial charge >= 0.3 is 0 Å². The van der Waals surface area contributed by atoms with Gasteiger partial charge in [0.2, 0.25) is 5.89 Å². The van der Waals surface area contributed by atoms with Crippen LogP contribution in [-0.2, 0) is 6.67 Å². The molecule has 0 aliphatic carbocycles. The molecule has 2 heterocycles. The first-order chi connectivity index (χ1) is 9.22. The number of hydrogen-bond acceptors (Lipinski definition) is 4. The van der Waals surface area contributed by atoms with Gasteiger partial charge in [0.05, 0.1) is 6.67 Å². The van der Waals surface area contributed by atoms with Gasteiger partial charge in [-0.3, -0.25) is 4.90 Å². The van der Waals surface area contributed by atoms with Crippen molar-refractivity contribution in [2.24, 2.45) is 0 Å². The molecule has 0 spiro atoms. The second kappa shape index (κ2) is 5.56. The molecule has 1 aromatic carbocycles. The van der Waals surface area contributed by atoms with Crippen LogP contribution in [0.15, 0.2) is 33.2 Å². The minimum absolute atomic E-state index is 0.432. The van der Waals surface area contributed by atoms with E-state index in [0.29, 0.717) is 10.7 Å². The zero-order valence-corrected chi connectivity index (χ0v) is 12.8. The number of hydrogen-bond donors (Lipinski definition) is 0. The van der Waals surface area contributed by atoms with Crippen LogP contribution >= 0.6 is 28.1 Å². The predicted octanol–water partition coefficient (Wildman–Crippen LogP) is 3.69. The maximum absolute atomic E-state index is 5.59. The first-order valence-electron chi connectivity index (χ1n) is 6.28. The van der Waals surface area contributed by atoms with Gasteiger partial charge in [-0.05, 0) is 56.3 Å². The van der Waals surface area contributed by atoms with Crippen molar-refractivity contribution in [3.05, 3.63) is 33.6 Å². The predicted molar refractivity (Wildman–Crippen MR) is 79.3 cm³/mol. The highest BCUT2D eigenvalue weighted by Crippen LogP contribution is 2.22. The van der Waals surface area contributed by atoms with E-state index in [4.69, 9.17) is 16.6 Å². The first-order valence-corrected chi connectivity index (χ1v) is 7.49. The Kier molecular flexibility index (Phi) is 3.81. The fraction of sp³-hybridized carbons (Fsp3) is 0.385. The van der Waals surface area contributed by atoms with Crippen LogP contribution in [0.25, 0.3) is 11.5 Å². The first kappa shape index (κ1) is 13.0. The largest absolute Gasteiger partial charge is 0.409 e. The zero-order valence-electron chi connectivity index (χ0n) is 10.4. The van der Waals surface area contributed by atoms with Crippen molar-refractivity contribution in [1.82, 2.24) is 14.7 Å². The number of benzene rings is 1. The molecule has 0 bridgehead atoms. The number of likely N-dealkylation sites (tertiary alicyclic amines) is 1. The van der Waals surface area contributed by atoms with E-state index in [0.717, 1.165) is 29.8 Å². The Morgan fingerprint density at radius 3 is 2.84 bits per heavy atom. The summed E-state index contributed by atoms with van der Waals surface area (Å²) in [4.78, 5) is 2.77. The average Bonchev–Trinajstić information content (AvgIpc) is 3.01. The smallest absolute Gasteiger partial charge is 0.288 e. The van der Waals surface area contributed by atoms with E-state index in [2.05, 4.69) is 25.9 Å². The van der Waals surface area contributed by atoms with Gasteiger partial charge in [0, 0.05) is 10.0 Å². The van der Waals surface area contributed by atoms with Crippen molar-refractivity contribution < 1.29 is 4.42 Å². The number of nitrogens with zero attached hydrogens (tertiary/aromatic N) is 3. The molecule has 0 atom stereocenters. The van der Waals surface area contributed by atoms with Gasteiger partial charge in [-0.25, -0.2) is 4.68 Å². The van der Waals surface area contributed by atoms with Gasteiger partial charge in [0.25, 0.3) is 4.84 Å². The Labute approximate surface area is 125 Å². The van der Waals surface area contributed by atoms with Crippen molar-refractivity contribution >= 4 is 28.1 Å². The normalized spacial score (nSPS) is 16.1. The summed E-state index contributed by atoms with van der Waals surface area (Å²) in [6.45, 7) is 2.94. The standard InChI is InChI=1S/C13H14BrN3OS/c14-11-5-3-4-10(8-11)12-15-17(13(19)18-12)9-16-6-1-2-7-16/h3-5,8H,1-2,6-7,9H2. The highest BCUT2D eigenvalue weighted by molar-refractivity contribution is 9.10. The third kappa shape index (κ3) is 2.96. The van der Waals surface area contributed by atoms with Crippen LogP contribution in [0.4, 0.5) is 0 Å². The van der Waals surface area contributed by atoms with Crippen LogP contribution in [0, 0.1) is 4.84 Å². The van der Waals surface area contributed by atoms with E-state index < -0.39 is 0 Å². The van der Waals surface area contributed by atoms with E-state index in [-0.39, 0.29) is 0 Å². The van der Waals surface area contributed by atoms with E-state index >= 15 is 0 Å². The van der Waals surface area contributed by atoms with Crippen molar-refractivity contribution in [2.75, 3.05) is 13.1 Å². The zero-order chi connectivity index (χ0) is 13.2. The van der Waals surface area contributed by atoms with E-state index in [1.165, 1.54) is 12.8 Å². The number of rotatable bonds is 3. The molecular weight excluding hydrogens is 326 g/mol. The van der Waals surface area contributed by atoms with Gasteiger partial charge < -0.3 is 4.42 Å². The Morgan fingerprint density at radius 1 is 1.32 bits per heavy atom. The molecule has 1 fully saturated rings. The fourth-order valence-electron chi connectivity index (χ4n) is 2.25. The van der Waals surface area contributed by atoms with Gasteiger partial charge in [-0.1, -0.05) is 22.0 Å². The molecule has 1 aliphatic rings. The molecule has 3 rings (SSSR count). The van der Waals surface area contributed by atoms with Crippen LogP contribution in [0.2, 0.25) is 0 Å². The highest BCUT2D eigenvalue weighted by Gasteiger charge is 2.15. The molecule has 0 radical (unpaired) electrons. The maximum atomic E-state index is 5.59. The van der Waals surface area contributed by atoms with Gasteiger partial charge in [0.1, 0.15) is 0 Å². The quantitative estimate of drug-likeness (QED) is 0.798. The number of halogens is 1. The van der Waals surface area contributed by atoms with E-state index in [1.807, 2.05) is 24.3 Å². The lowest BCUT2D eigenvalue weighted by Gasteiger charge is -2.12. The van der Waals surface area contributed by atoms with E-state index in [9.17, 15) is 0 Å². The highest BCUT2D eigenvalue weighted by atomic mass is 79.9. The average molecular weight is 340 g/mol. The Morgan fingerprint density at radius 2 is 2.11 bits per heavy atom. The summed E-state index contributed by atoms with van der Waals surface area (Å²) >= 11 is 8.68. The van der Waals surface area contributed by atoms with Crippen molar-refractivity contribution in [3.63, 3.8) is 0 Å². The molecule has 1 aliphatic heterocycles. The lowest BCUT2D eigenvalue weighted by Crippen LogP contribution is -2.23. The summed E-state index contributed by atoms with van der Waals surface area (Å²) in [5.74, 6) is 0.575. The summed E-state index contributed by atoms with van der Waals surface area (Å²) in [6, 6.07) is 7.86. The van der Waals surface area contributed by atoms with Crippen LogP contribution in [0.1, 0.15) is 12.8 Å². The molecule has 1 aromatic heterocycles. The minimum atomic E-state index is 0.432. The van der Waals surface area contributed by atoms with Crippen LogP contribution < -0.4 is 0 Å². The molecule has 100 valence electrons. The molecule has 6 heteroatoms. The van der Waals surface area contributed by atoms with Crippen LogP contribution in [-0.4, -0.2) is 27.8 Å². The Bertz CT molecular complexity index is 631. The summed E-state index contributed by atoms with van der Waals surface area (Å²) in [6.07, 6.45) is 2.51. The molecule has 0 unspecified atom stereocenters. The molecule has 0 amide bonds. The minimum Gasteiger partial charge on any atom is -0.409 e. The molecule has 4 nitrogen and oxygen atoms in total. The number of aromatic nitrogens is 2. The molecule has 0 N–H and O–H groups in total. The van der Waals surface area contributed by atoms with Crippen molar-refractivity contribution in [3.8, 4) is 11.5 Å². The summed E-state index contributed by atoms with van der Waals surface area (Å²) in [5.41, 5.74) is 0.931. The maximum Gasteiger partial charge on any atom is 0.288 e. The third-order valence-electron chi connectivity index (χ3n) is 3.21. The van der Waals surface area contributed by atoms with Crippen molar-refractivity contribution in [2.45, 2.75) is 19.5 Å². The van der Waals surface area contributed by atoms with Gasteiger partial charge in [-0.15, -0.1) is 5.10 Å². The molecule has 1 saturated heterocycles. The summed E-state index contributed by atoms with van der Waals surface area (Å²) in [5, 5.41) is 4.47. The summed E-state index contributed by atoms with van der Waals surface area (Å²) < 4.78 is 8.35. The Hall–Kier alpha value is -0.980. The topological polar surface area (TPSA) is 34.2 Å².